The van der Waals surface area contributed by atoms with Gasteiger partial charge in [0, 0.05) is 19.4 Å². The molecule has 0 spiro atoms. The monoisotopic (exact) mass is 822 g/mol. The van der Waals surface area contributed by atoms with Crippen molar-refractivity contribution in [2.75, 3.05) is 26.9 Å². The first-order valence-corrected chi connectivity index (χ1v) is 21.7. The molecule has 324 valence electrons. The van der Waals surface area contributed by atoms with E-state index in [0.29, 0.717) is 19.3 Å². The third kappa shape index (κ3) is 8.40. The number of hydrogen-bond acceptors (Lipinski definition) is 15. The summed E-state index contributed by atoms with van der Waals surface area (Å²) in [5, 5.41) is 77.3. The standard InChI is InChI=1S/C39H66O16S/c1-19(21(3)16-51-35-33(31(28(44)18-52-35)55-56(47,48)49)54-36-32(50-6)30(45)27(43)17-53-36)7-8-20(2)23-14-25(41)34-38(23,5)12-10-29-37(4)11-9-22(40)13-24(37)26(42)15-39(29,34)46/h7-8,19-36,40-46H,9-18H2,1-6H3,(H,47,48,49)/b8-7+/t19-,20+,21-,22+,23-,24-,25-,26+,27-,28+,29-,30+,31+,32-,33+,34-,35-,36+,37+,38-,39+/m1/s1. The van der Waals surface area contributed by atoms with Gasteiger partial charge in [-0.3, -0.25) is 4.55 Å². The van der Waals surface area contributed by atoms with Crippen molar-refractivity contribution in [3.8, 4) is 0 Å². The molecule has 8 N–H and O–H groups in total. The molecule has 6 rings (SSSR count). The molecule has 0 aromatic heterocycles. The maximum atomic E-state index is 12.6. The average molecular weight is 823 g/mol. The zero-order valence-corrected chi connectivity index (χ0v) is 34.2. The van der Waals surface area contributed by atoms with Crippen molar-refractivity contribution in [3.05, 3.63) is 12.2 Å². The summed E-state index contributed by atoms with van der Waals surface area (Å²) in [6, 6.07) is 0. The lowest BCUT2D eigenvalue weighted by molar-refractivity contribution is -0.344. The van der Waals surface area contributed by atoms with Crippen molar-refractivity contribution >= 4 is 10.4 Å². The van der Waals surface area contributed by atoms with Crippen LogP contribution in [-0.4, -0.2) is 149 Å². The number of aliphatic hydroxyl groups excluding tert-OH is 6. The lowest BCUT2D eigenvalue weighted by Gasteiger charge is -2.66. The molecule has 0 aromatic rings. The van der Waals surface area contributed by atoms with Crippen LogP contribution >= 0.6 is 0 Å². The molecule has 2 aliphatic heterocycles. The van der Waals surface area contributed by atoms with Crippen molar-refractivity contribution in [3.63, 3.8) is 0 Å². The molecule has 0 unspecified atom stereocenters. The van der Waals surface area contributed by atoms with E-state index in [1.54, 1.807) is 0 Å². The van der Waals surface area contributed by atoms with Crippen molar-refractivity contribution in [2.24, 2.45) is 52.3 Å². The van der Waals surface area contributed by atoms with E-state index in [2.05, 4.69) is 32.9 Å². The summed E-state index contributed by atoms with van der Waals surface area (Å²) in [6.45, 7) is 9.84. The highest BCUT2D eigenvalue weighted by atomic mass is 32.3. The molecule has 0 radical (unpaired) electrons. The minimum atomic E-state index is -5.07. The fourth-order valence-electron chi connectivity index (χ4n) is 12.0. The molecular weight excluding hydrogens is 756 g/mol. The van der Waals surface area contributed by atoms with Gasteiger partial charge in [-0.05, 0) is 84.9 Å². The maximum Gasteiger partial charge on any atom is 0.397 e. The molecule has 56 heavy (non-hydrogen) atoms. The van der Waals surface area contributed by atoms with Gasteiger partial charge < -0.3 is 59.4 Å². The smallest absolute Gasteiger partial charge is 0.393 e. The maximum absolute atomic E-state index is 12.6. The predicted octanol–water partition coefficient (Wildman–Crippen LogP) is 0.927. The number of ether oxygens (including phenoxy) is 5. The van der Waals surface area contributed by atoms with Crippen LogP contribution in [0.3, 0.4) is 0 Å². The third-order valence-electron chi connectivity index (χ3n) is 15.1. The molecular formula is C39H66O16S. The van der Waals surface area contributed by atoms with E-state index in [1.807, 2.05) is 13.8 Å². The summed E-state index contributed by atoms with van der Waals surface area (Å²) in [5.41, 5.74) is -1.89. The second-order valence-electron chi connectivity index (χ2n) is 18.5. The Kier molecular flexibility index (Phi) is 13.5. The minimum absolute atomic E-state index is 0.0334. The average Bonchev–Trinajstić information content (AvgIpc) is 3.40. The van der Waals surface area contributed by atoms with Crippen LogP contribution in [0.1, 0.15) is 79.6 Å². The predicted molar refractivity (Wildman–Crippen MR) is 198 cm³/mol. The summed E-state index contributed by atoms with van der Waals surface area (Å²) in [6.07, 6.45) is -4.61. The molecule has 17 heteroatoms. The molecule has 0 bridgehead atoms. The van der Waals surface area contributed by atoms with Crippen LogP contribution in [0.2, 0.25) is 0 Å². The Hall–Kier alpha value is -0.870. The van der Waals surface area contributed by atoms with Crippen LogP contribution in [0.25, 0.3) is 0 Å². The second-order valence-corrected chi connectivity index (χ2v) is 19.6. The van der Waals surface area contributed by atoms with Crippen LogP contribution in [0.5, 0.6) is 0 Å². The van der Waals surface area contributed by atoms with Gasteiger partial charge in [-0.25, -0.2) is 4.18 Å². The van der Waals surface area contributed by atoms with Crippen LogP contribution < -0.4 is 0 Å². The Morgan fingerprint density at radius 3 is 2.16 bits per heavy atom. The molecule has 2 saturated heterocycles. The summed E-state index contributed by atoms with van der Waals surface area (Å²) >= 11 is 0. The lowest BCUT2D eigenvalue weighted by atomic mass is 9.42. The van der Waals surface area contributed by atoms with E-state index in [1.165, 1.54) is 7.11 Å². The van der Waals surface area contributed by atoms with Crippen molar-refractivity contribution in [2.45, 2.75) is 153 Å². The molecule has 2 heterocycles. The van der Waals surface area contributed by atoms with Crippen molar-refractivity contribution in [1.82, 2.24) is 0 Å². The summed E-state index contributed by atoms with van der Waals surface area (Å²) < 4.78 is 66.4. The Bertz CT molecular complexity index is 1480. The number of hydrogen-bond donors (Lipinski definition) is 8. The normalized spacial score (nSPS) is 50.1. The Balaban J connectivity index is 1.11. The Labute approximate surface area is 330 Å². The van der Waals surface area contributed by atoms with Crippen LogP contribution in [0.15, 0.2) is 12.2 Å². The van der Waals surface area contributed by atoms with Crippen LogP contribution in [0.4, 0.5) is 0 Å². The Morgan fingerprint density at radius 2 is 1.48 bits per heavy atom. The summed E-state index contributed by atoms with van der Waals surface area (Å²) in [5.74, 6) is -0.558. The van der Waals surface area contributed by atoms with Gasteiger partial charge in [-0.2, -0.15) is 8.42 Å². The molecule has 4 saturated carbocycles. The summed E-state index contributed by atoms with van der Waals surface area (Å²) in [7, 11) is -3.81. The van der Waals surface area contributed by atoms with Crippen LogP contribution in [-0.2, 0) is 38.3 Å². The van der Waals surface area contributed by atoms with E-state index in [0.717, 1.165) is 19.3 Å². The van der Waals surface area contributed by atoms with E-state index in [4.69, 9.17) is 27.9 Å². The fraction of sp³-hybridized carbons (Fsp3) is 0.949. The van der Waals surface area contributed by atoms with Gasteiger partial charge in [0.1, 0.15) is 36.6 Å². The zero-order chi connectivity index (χ0) is 41.1. The number of methoxy groups -OCH3 is 1. The van der Waals surface area contributed by atoms with Gasteiger partial charge in [-0.15, -0.1) is 0 Å². The molecule has 0 amide bonds. The van der Waals surface area contributed by atoms with Gasteiger partial charge in [0.25, 0.3) is 0 Å². The number of rotatable bonds is 12. The summed E-state index contributed by atoms with van der Waals surface area (Å²) in [4.78, 5) is 0. The van der Waals surface area contributed by atoms with E-state index < -0.39 is 90.1 Å². The molecule has 21 atom stereocenters. The van der Waals surface area contributed by atoms with E-state index in [-0.39, 0.29) is 71.9 Å². The first-order chi connectivity index (χ1) is 26.1. The number of allylic oxidation sites excluding steroid dienone is 2. The van der Waals surface area contributed by atoms with E-state index >= 15 is 0 Å². The minimum Gasteiger partial charge on any atom is -0.393 e. The highest BCUT2D eigenvalue weighted by Crippen LogP contribution is 2.69. The molecule has 16 nitrogen and oxygen atoms in total. The molecule has 6 aliphatic rings. The van der Waals surface area contributed by atoms with Gasteiger partial charge >= 0.3 is 10.4 Å². The van der Waals surface area contributed by atoms with Crippen molar-refractivity contribution in [1.29, 1.82) is 0 Å². The SMILES string of the molecule is CO[C@H]1[C@H](O[C@@H]2[C@H](OC[C@@H](C)[C@H](C)/C=C/[C@H](C)[C@H]3C[C@@H](O)[C@@H]4[C@]3(C)CC[C@@H]3[C@@]5(C)CC[C@H](O)C[C@@H]5[C@@H](O)C[C@]34O)OC[C@H](O)[C@@H]2OS(=O)(=O)O)OC[C@@H](O)[C@@H]1O. The second kappa shape index (κ2) is 16.9. The Morgan fingerprint density at radius 1 is 0.821 bits per heavy atom. The van der Waals surface area contributed by atoms with Gasteiger partial charge in [0.2, 0.25) is 0 Å². The first-order valence-electron chi connectivity index (χ1n) is 20.3. The van der Waals surface area contributed by atoms with Gasteiger partial charge in [0.05, 0.1) is 43.7 Å². The highest BCUT2D eigenvalue weighted by molar-refractivity contribution is 7.80. The number of fused-ring (bicyclic) bond motifs is 5. The highest BCUT2D eigenvalue weighted by Gasteiger charge is 2.70. The quantitative estimate of drug-likeness (QED) is 0.101. The van der Waals surface area contributed by atoms with Crippen molar-refractivity contribution < 1.29 is 76.6 Å². The lowest BCUT2D eigenvalue weighted by Crippen LogP contribution is -2.68. The number of aliphatic hydroxyl groups is 7. The third-order valence-corrected chi connectivity index (χ3v) is 15.6. The molecule has 0 aromatic carbocycles. The van der Waals surface area contributed by atoms with Gasteiger partial charge in [0.15, 0.2) is 12.6 Å². The molecule has 6 fully saturated rings. The topological polar surface area (TPSA) is 251 Å². The van der Waals surface area contributed by atoms with Crippen LogP contribution in [0, 0.1) is 52.3 Å². The zero-order valence-electron chi connectivity index (χ0n) is 33.4. The van der Waals surface area contributed by atoms with E-state index in [9.17, 15) is 48.7 Å². The molecule has 4 aliphatic carbocycles. The van der Waals surface area contributed by atoms with Gasteiger partial charge in [-0.1, -0.05) is 46.8 Å². The largest absolute Gasteiger partial charge is 0.397 e. The fourth-order valence-corrected chi connectivity index (χ4v) is 12.5. The first kappa shape index (κ1) is 44.7.